The first-order chi connectivity index (χ1) is 9.69. The molecule has 6 heteroatoms. The second-order valence-electron chi connectivity index (χ2n) is 4.53. The molecule has 3 N–H and O–H groups in total. The van der Waals surface area contributed by atoms with Gasteiger partial charge in [0.15, 0.2) is 11.4 Å². The van der Waals surface area contributed by atoms with Gasteiger partial charge in [0.25, 0.3) is 0 Å². The van der Waals surface area contributed by atoms with E-state index >= 15 is 0 Å². The first-order valence-electron chi connectivity index (χ1n) is 6.11. The lowest BCUT2D eigenvalue weighted by Crippen LogP contribution is -2.29. The van der Waals surface area contributed by atoms with Gasteiger partial charge in [-0.15, -0.1) is 0 Å². The summed E-state index contributed by atoms with van der Waals surface area (Å²) in [7, 11) is 0. The highest BCUT2D eigenvalue weighted by Gasteiger charge is 2.20. The van der Waals surface area contributed by atoms with Crippen molar-refractivity contribution in [3.8, 4) is 0 Å². The molecule has 0 saturated carbocycles. The van der Waals surface area contributed by atoms with E-state index in [0.29, 0.717) is 22.2 Å². The summed E-state index contributed by atoms with van der Waals surface area (Å²) in [5, 5.41) is 1.48. The maximum absolute atomic E-state index is 6.11. The molecule has 1 aromatic carbocycles. The number of para-hydroxylation sites is 1. The molecule has 0 spiro atoms. The van der Waals surface area contributed by atoms with Gasteiger partial charge >= 0.3 is 0 Å². The van der Waals surface area contributed by atoms with Crippen molar-refractivity contribution in [1.82, 2.24) is 15.4 Å². The molecule has 3 aromatic rings. The van der Waals surface area contributed by atoms with Crippen molar-refractivity contribution in [3.63, 3.8) is 0 Å². The van der Waals surface area contributed by atoms with Crippen molar-refractivity contribution in [1.29, 1.82) is 0 Å². The molecule has 0 fully saturated rings. The number of rotatable bonds is 3. The Bertz CT molecular complexity index is 739. The van der Waals surface area contributed by atoms with E-state index in [-0.39, 0.29) is 0 Å². The predicted molar refractivity (Wildman–Crippen MR) is 77.2 cm³/mol. The minimum absolute atomic E-state index is 0.418. The zero-order valence-electron chi connectivity index (χ0n) is 10.8. The fourth-order valence-corrected chi connectivity index (χ4v) is 2.25. The Kier molecular flexibility index (Phi) is 3.40. The first kappa shape index (κ1) is 13.1. The molecule has 0 amide bonds. The van der Waals surface area contributed by atoms with Gasteiger partial charge in [-0.3, -0.25) is 5.84 Å². The smallest absolute Gasteiger partial charge is 0.154 e. The molecule has 0 aliphatic heterocycles. The lowest BCUT2D eigenvalue weighted by molar-refractivity contribution is 0.464. The van der Waals surface area contributed by atoms with Gasteiger partial charge < -0.3 is 4.42 Å². The summed E-state index contributed by atoms with van der Waals surface area (Å²) in [6, 6.07) is 7.05. The van der Waals surface area contributed by atoms with Gasteiger partial charge in [0.05, 0.1) is 5.02 Å². The van der Waals surface area contributed by atoms with Gasteiger partial charge in [0.1, 0.15) is 11.8 Å². The predicted octanol–water partition coefficient (Wildman–Crippen LogP) is 2.74. The van der Waals surface area contributed by atoms with E-state index in [0.717, 1.165) is 10.9 Å². The van der Waals surface area contributed by atoms with Gasteiger partial charge in [-0.2, -0.15) is 0 Å². The van der Waals surface area contributed by atoms with Crippen LogP contribution in [0.1, 0.15) is 23.2 Å². The third-order valence-corrected chi connectivity index (χ3v) is 3.32. The highest BCUT2D eigenvalue weighted by Crippen LogP contribution is 2.30. The Balaban J connectivity index is 2.07. The third kappa shape index (κ3) is 2.27. The van der Waals surface area contributed by atoms with E-state index in [1.807, 2.05) is 25.1 Å². The zero-order valence-corrected chi connectivity index (χ0v) is 11.6. The lowest BCUT2D eigenvalue weighted by Gasteiger charge is -2.11. The quantitative estimate of drug-likeness (QED) is 0.572. The molecule has 2 heterocycles. The molecule has 1 atom stereocenters. The third-order valence-electron chi connectivity index (χ3n) is 3.03. The molecule has 20 heavy (non-hydrogen) atoms. The number of aryl methyl sites for hydroxylation is 1. The van der Waals surface area contributed by atoms with Gasteiger partial charge in [-0.25, -0.2) is 15.4 Å². The van der Waals surface area contributed by atoms with E-state index in [1.165, 1.54) is 0 Å². The monoisotopic (exact) mass is 288 g/mol. The Hall–Kier alpha value is -1.95. The van der Waals surface area contributed by atoms with Gasteiger partial charge in [0, 0.05) is 17.8 Å². The molecule has 0 aliphatic rings. The summed E-state index contributed by atoms with van der Waals surface area (Å²) in [4.78, 5) is 8.54. The molecular weight excluding hydrogens is 276 g/mol. The van der Waals surface area contributed by atoms with Crippen LogP contribution in [0.2, 0.25) is 5.02 Å². The number of furan rings is 1. The number of hydrogen-bond donors (Lipinski definition) is 2. The van der Waals surface area contributed by atoms with E-state index in [4.69, 9.17) is 21.9 Å². The highest BCUT2D eigenvalue weighted by atomic mass is 35.5. The molecule has 3 rings (SSSR count). The molecule has 0 radical (unpaired) electrons. The van der Waals surface area contributed by atoms with Crippen LogP contribution in [0.25, 0.3) is 11.0 Å². The van der Waals surface area contributed by atoms with E-state index in [2.05, 4.69) is 15.4 Å². The minimum atomic E-state index is -0.418. The van der Waals surface area contributed by atoms with E-state index < -0.39 is 6.04 Å². The summed E-state index contributed by atoms with van der Waals surface area (Å²) in [5.74, 6) is 6.79. The number of nitrogens with two attached hydrogens (primary N) is 1. The average molecular weight is 289 g/mol. The molecule has 0 aliphatic carbocycles. The molecule has 5 nitrogen and oxygen atoms in total. The van der Waals surface area contributed by atoms with E-state index in [9.17, 15) is 0 Å². The molecule has 0 saturated heterocycles. The SMILES string of the molecule is Cc1cnc(C(NN)c2cc3cccc(Cl)c3o2)nc1. The number of aromatic nitrogens is 2. The van der Waals surface area contributed by atoms with Crippen LogP contribution in [0.15, 0.2) is 41.1 Å². The van der Waals surface area contributed by atoms with E-state index in [1.54, 1.807) is 18.5 Å². The largest absolute Gasteiger partial charge is 0.457 e. The van der Waals surface area contributed by atoms with Crippen molar-refractivity contribution in [3.05, 3.63) is 58.8 Å². The van der Waals surface area contributed by atoms with Crippen molar-refractivity contribution < 1.29 is 4.42 Å². The summed E-state index contributed by atoms with van der Waals surface area (Å²) in [6.07, 6.45) is 3.48. The van der Waals surface area contributed by atoms with Crippen LogP contribution in [-0.2, 0) is 0 Å². The van der Waals surface area contributed by atoms with Crippen LogP contribution in [0.5, 0.6) is 0 Å². The van der Waals surface area contributed by atoms with Gasteiger partial charge in [-0.1, -0.05) is 23.7 Å². The summed E-state index contributed by atoms with van der Waals surface area (Å²) in [6.45, 7) is 1.93. The summed E-state index contributed by atoms with van der Waals surface area (Å²) in [5.41, 5.74) is 4.29. The summed E-state index contributed by atoms with van der Waals surface area (Å²) >= 11 is 6.11. The summed E-state index contributed by atoms with van der Waals surface area (Å²) < 4.78 is 5.78. The van der Waals surface area contributed by atoms with Crippen molar-refractivity contribution in [2.45, 2.75) is 13.0 Å². The Morgan fingerprint density at radius 1 is 1.30 bits per heavy atom. The minimum Gasteiger partial charge on any atom is -0.457 e. The number of fused-ring (bicyclic) bond motifs is 1. The number of benzene rings is 1. The number of halogens is 1. The maximum Gasteiger partial charge on any atom is 0.154 e. The van der Waals surface area contributed by atoms with Gasteiger partial charge in [-0.05, 0) is 24.6 Å². The molecule has 0 bridgehead atoms. The maximum atomic E-state index is 6.11. The fourth-order valence-electron chi connectivity index (χ4n) is 2.03. The Labute approximate surface area is 120 Å². The molecule has 102 valence electrons. The zero-order chi connectivity index (χ0) is 14.1. The van der Waals surface area contributed by atoms with Crippen LogP contribution in [0, 0.1) is 6.92 Å². The second kappa shape index (κ2) is 5.20. The number of nitrogens with zero attached hydrogens (tertiary/aromatic N) is 2. The van der Waals surface area contributed by atoms with Gasteiger partial charge in [0.2, 0.25) is 0 Å². The topological polar surface area (TPSA) is 77.0 Å². The average Bonchev–Trinajstić information content (AvgIpc) is 2.87. The van der Waals surface area contributed by atoms with Crippen LogP contribution in [0.3, 0.4) is 0 Å². The van der Waals surface area contributed by atoms with Crippen molar-refractivity contribution >= 4 is 22.6 Å². The molecule has 2 aromatic heterocycles. The molecular formula is C14H13ClN4O. The second-order valence-corrected chi connectivity index (χ2v) is 4.93. The lowest BCUT2D eigenvalue weighted by atomic mass is 10.2. The highest BCUT2D eigenvalue weighted by molar-refractivity contribution is 6.34. The first-order valence-corrected chi connectivity index (χ1v) is 6.49. The number of nitrogens with one attached hydrogen (secondary N) is 1. The van der Waals surface area contributed by atoms with Crippen molar-refractivity contribution in [2.24, 2.45) is 5.84 Å². The number of hydrazine groups is 1. The fraction of sp³-hybridized carbons (Fsp3) is 0.143. The Morgan fingerprint density at radius 2 is 2.05 bits per heavy atom. The van der Waals surface area contributed by atoms with Crippen LogP contribution >= 0.6 is 11.6 Å². The van der Waals surface area contributed by atoms with Crippen LogP contribution < -0.4 is 11.3 Å². The normalized spacial score (nSPS) is 12.8. The van der Waals surface area contributed by atoms with Crippen LogP contribution in [0.4, 0.5) is 0 Å². The van der Waals surface area contributed by atoms with Crippen LogP contribution in [-0.4, -0.2) is 9.97 Å². The number of hydrogen-bond acceptors (Lipinski definition) is 5. The molecule has 1 unspecified atom stereocenters. The van der Waals surface area contributed by atoms with Crippen molar-refractivity contribution in [2.75, 3.05) is 0 Å². The standard InChI is InChI=1S/C14H13ClN4O/c1-8-6-17-14(18-7-8)12(19-16)11-5-9-3-2-4-10(15)13(9)20-11/h2-7,12,19H,16H2,1H3. The Morgan fingerprint density at radius 3 is 2.70 bits per heavy atom.